The first-order valence-corrected chi connectivity index (χ1v) is 8.23. The molecule has 21 heavy (non-hydrogen) atoms. The molecule has 2 aliphatic rings. The molecule has 120 valence electrons. The van der Waals surface area contributed by atoms with E-state index in [4.69, 9.17) is 5.73 Å². The first-order chi connectivity index (χ1) is 9.90. The maximum atomic E-state index is 12.7. The van der Waals surface area contributed by atoms with E-state index in [1.807, 2.05) is 4.90 Å². The lowest BCUT2D eigenvalue weighted by Gasteiger charge is -2.41. The van der Waals surface area contributed by atoms with Crippen LogP contribution in [0.15, 0.2) is 0 Å². The number of rotatable bonds is 3. The van der Waals surface area contributed by atoms with E-state index in [-0.39, 0.29) is 11.8 Å². The van der Waals surface area contributed by atoms with Crippen molar-refractivity contribution in [2.45, 2.75) is 57.9 Å². The normalized spacial score (nSPS) is 31.0. The Bertz CT molecular complexity index is 391. The van der Waals surface area contributed by atoms with Gasteiger partial charge in [-0.3, -0.25) is 9.59 Å². The fourth-order valence-corrected chi connectivity index (χ4v) is 3.73. The third-order valence-corrected chi connectivity index (χ3v) is 5.00. The highest BCUT2D eigenvalue weighted by atomic mass is 16.2. The van der Waals surface area contributed by atoms with Gasteiger partial charge < -0.3 is 16.0 Å². The Balaban J connectivity index is 1.84. The molecule has 0 aromatic carbocycles. The summed E-state index contributed by atoms with van der Waals surface area (Å²) in [6.07, 6.45) is 5.79. The number of nitrogens with two attached hydrogens (primary N) is 1. The number of amides is 2. The fourth-order valence-electron chi connectivity index (χ4n) is 3.73. The first-order valence-electron chi connectivity index (χ1n) is 8.23. The zero-order valence-electron chi connectivity index (χ0n) is 13.4. The molecule has 5 heteroatoms. The number of carbonyl (C=O) groups is 2. The summed E-state index contributed by atoms with van der Waals surface area (Å²) >= 11 is 0. The fraction of sp³-hybridized carbons (Fsp3) is 0.875. The summed E-state index contributed by atoms with van der Waals surface area (Å²) in [6, 6.07) is 0. The van der Waals surface area contributed by atoms with Gasteiger partial charge in [0.25, 0.3) is 0 Å². The molecular weight excluding hydrogens is 266 g/mol. The van der Waals surface area contributed by atoms with Gasteiger partial charge in [0.2, 0.25) is 11.8 Å². The van der Waals surface area contributed by atoms with E-state index in [1.165, 1.54) is 6.42 Å². The largest absolute Gasteiger partial charge is 0.356 e. The highest BCUT2D eigenvalue weighted by molar-refractivity contribution is 5.86. The van der Waals surface area contributed by atoms with Crippen LogP contribution in [0.5, 0.6) is 0 Å². The van der Waals surface area contributed by atoms with Gasteiger partial charge in [-0.25, -0.2) is 0 Å². The van der Waals surface area contributed by atoms with Crippen molar-refractivity contribution in [3.63, 3.8) is 0 Å². The summed E-state index contributed by atoms with van der Waals surface area (Å²) < 4.78 is 0. The summed E-state index contributed by atoms with van der Waals surface area (Å²) in [6.45, 7) is 6.00. The van der Waals surface area contributed by atoms with Crippen molar-refractivity contribution in [3.05, 3.63) is 0 Å². The SMILES string of the molecule is CC(=O)NCC1CCN(C(=O)C2(N)CCCC(C)C2)CC1. The van der Waals surface area contributed by atoms with E-state index in [0.717, 1.165) is 51.7 Å². The van der Waals surface area contributed by atoms with Crippen LogP contribution in [0.4, 0.5) is 0 Å². The number of piperidine rings is 1. The smallest absolute Gasteiger partial charge is 0.242 e. The standard InChI is InChI=1S/C16H29N3O2/c1-12-4-3-7-16(17,10-12)15(21)19-8-5-14(6-9-19)11-18-13(2)20/h12,14H,3-11,17H2,1-2H3,(H,18,20). The van der Waals surface area contributed by atoms with Gasteiger partial charge in [-0.2, -0.15) is 0 Å². The second-order valence-corrected chi connectivity index (χ2v) is 7.03. The van der Waals surface area contributed by atoms with Gasteiger partial charge in [0, 0.05) is 26.6 Å². The van der Waals surface area contributed by atoms with E-state index in [0.29, 0.717) is 11.8 Å². The first kappa shape index (κ1) is 16.3. The summed E-state index contributed by atoms with van der Waals surface area (Å²) in [5, 5.41) is 2.87. The molecule has 2 unspecified atom stereocenters. The van der Waals surface area contributed by atoms with Gasteiger partial charge in [0.1, 0.15) is 0 Å². The Morgan fingerprint density at radius 2 is 1.95 bits per heavy atom. The van der Waals surface area contributed by atoms with E-state index in [9.17, 15) is 9.59 Å². The zero-order chi connectivity index (χ0) is 15.5. The van der Waals surface area contributed by atoms with Crippen LogP contribution in [0.2, 0.25) is 0 Å². The van der Waals surface area contributed by atoms with Crippen LogP contribution in [-0.4, -0.2) is 41.9 Å². The molecule has 0 aromatic rings. The van der Waals surface area contributed by atoms with Crippen LogP contribution < -0.4 is 11.1 Å². The number of hydrogen-bond acceptors (Lipinski definition) is 3. The Kier molecular flexibility index (Phi) is 5.25. The lowest BCUT2D eigenvalue weighted by atomic mass is 9.76. The zero-order valence-corrected chi connectivity index (χ0v) is 13.4. The second kappa shape index (κ2) is 6.77. The molecule has 1 heterocycles. The molecule has 0 aromatic heterocycles. The van der Waals surface area contributed by atoms with Crippen LogP contribution in [0.3, 0.4) is 0 Å². The van der Waals surface area contributed by atoms with Crippen molar-refractivity contribution in [1.29, 1.82) is 0 Å². The predicted molar refractivity (Wildman–Crippen MR) is 82.5 cm³/mol. The quantitative estimate of drug-likeness (QED) is 0.823. The third kappa shape index (κ3) is 4.19. The Morgan fingerprint density at radius 1 is 1.29 bits per heavy atom. The van der Waals surface area contributed by atoms with Crippen LogP contribution in [0, 0.1) is 11.8 Å². The van der Waals surface area contributed by atoms with Crippen molar-refractivity contribution in [2.75, 3.05) is 19.6 Å². The van der Waals surface area contributed by atoms with Crippen LogP contribution in [-0.2, 0) is 9.59 Å². The minimum atomic E-state index is -0.637. The molecule has 1 aliphatic heterocycles. The highest BCUT2D eigenvalue weighted by Crippen LogP contribution is 2.32. The van der Waals surface area contributed by atoms with Crippen molar-refractivity contribution in [3.8, 4) is 0 Å². The van der Waals surface area contributed by atoms with Gasteiger partial charge in [-0.05, 0) is 37.5 Å². The van der Waals surface area contributed by atoms with Crippen molar-refractivity contribution in [1.82, 2.24) is 10.2 Å². The van der Waals surface area contributed by atoms with Gasteiger partial charge in [0.05, 0.1) is 5.54 Å². The molecular formula is C16H29N3O2. The average molecular weight is 295 g/mol. The molecule has 1 saturated carbocycles. The molecule has 2 atom stereocenters. The molecule has 3 N–H and O–H groups in total. The van der Waals surface area contributed by atoms with Crippen LogP contribution >= 0.6 is 0 Å². The monoisotopic (exact) mass is 295 g/mol. The molecule has 2 fully saturated rings. The van der Waals surface area contributed by atoms with Crippen LogP contribution in [0.1, 0.15) is 52.4 Å². The van der Waals surface area contributed by atoms with E-state index in [2.05, 4.69) is 12.2 Å². The average Bonchev–Trinajstić information content (AvgIpc) is 2.44. The topological polar surface area (TPSA) is 75.4 Å². The molecule has 2 rings (SSSR count). The Morgan fingerprint density at radius 3 is 2.52 bits per heavy atom. The predicted octanol–water partition coefficient (Wildman–Crippen LogP) is 1.27. The van der Waals surface area contributed by atoms with Crippen molar-refractivity contribution >= 4 is 11.8 Å². The summed E-state index contributed by atoms with van der Waals surface area (Å²) in [5.74, 6) is 1.19. The minimum absolute atomic E-state index is 0.0191. The maximum absolute atomic E-state index is 12.7. The number of nitrogens with one attached hydrogen (secondary N) is 1. The summed E-state index contributed by atoms with van der Waals surface area (Å²) in [4.78, 5) is 25.6. The summed E-state index contributed by atoms with van der Waals surface area (Å²) in [5.41, 5.74) is 5.77. The van der Waals surface area contributed by atoms with Crippen LogP contribution in [0.25, 0.3) is 0 Å². The number of nitrogens with zero attached hydrogens (tertiary/aromatic N) is 1. The number of carbonyl (C=O) groups excluding carboxylic acids is 2. The minimum Gasteiger partial charge on any atom is -0.356 e. The molecule has 0 spiro atoms. The summed E-state index contributed by atoms with van der Waals surface area (Å²) in [7, 11) is 0. The van der Waals surface area contributed by atoms with Gasteiger partial charge in [-0.1, -0.05) is 19.8 Å². The van der Waals surface area contributed by atoms with E-state index >= 15 is 0 Å². The van der Waals surface area contributed by atoms with Gasteiger partial charge in [-0.15, -0.1) is 0 Å². The molecule has 1 aliphatic carbocycles. The molecule has 5 nitrogen and oxygen atoms in total. The lowest BCUT2D eigenvalue weighted by Crippen LogP contribution is -2.58. The van der Waals surface area contributed by atoms with Gasteiger partial charge >= 0.3 is 0 Å². The van der Waals surface area contributed by atoms with Gasteiger partial charge in [0.15, 0.2) is 0 Å². The van der Waals surface area contributed by atoms with E-state index < -0.39 is 5.54 Å². The Labute approximate surface area is 127 Å². The van der Waals surface area contributed by atoms with Crippen molar-refractivity contribution in [2.24, 2.45) is 17.6 Å². The molecule has 0 radical (unpaired) electrons. The molecule has 0 bridgehead atoms. The molecule has 2 amide bonds. The Hall–Kier alpha value is -1.10. The van der Waals surface area contributed by atoms with E-state index in [1.54, 1.807) is 6.92 Å². The highest BCUT2D eigenvalue weighted by Gasteiger charge is 2.41. The number of likely N-dealkylation sites (tertiary alicyclic amines) is 1. The number of hydrogen-bond donors (Lipinski definition) is 2. The lowest BCUT2D eigenvalue weighted by molar-refractivity contribution is -0.140. The molecule has 1 saturated heterocycles. The third-order valence-electron chi connectivity index (χ3n) is 5.00. The maximum Gasteiger partial charge on any atom is 0.242 e. The second-order valence-electron chi connectivity index (χ2n) is 7.03. The van der Waals surface area contributed by atoms with Crippen molar-refractivity contribution < 1.29 is 9.59 Å².